The van der Waals surface area contributed by atoms with Gasteiger partial charge < -0.3 is 20.3 Å². The molecule has 0 spiro atoms. The number of hydrogen-bond donors (Lipinski definition) is 2. The van der Waals surface area contributed by atoms with E-state index in [0.29, 0.717) is 50.3 Å². The van der Waals surface area contributed by atoms with Gasteiger partial charge in [0, 0.05) is 32.5 Å². The van der Waals surface area contributed by atoms with Crippen LogP contribution in [0.25, 0.3) is 0 Å². The maximum absolute atomic E-state index is 12.2. The van der Waals surface area contributed by atoms with Crippen molar-refractivity contribution in [1.82, 2.24) is 10.2 Å². The molecule has 0 bridgehead atoms. The highest BCUT2D eigenvalue weighted by Gasteiger charge is 2.25. The fourth-order valence-corrected chi connectivity index (χ4v) is 3.22. The van der Waals surface area contributed by atoms with Crippen LogP contribution in [0.1, 0.15) is 25.3 Å². The van der Waals surface area contributed by atoms with Crippen molar-refractivity contribution in [3.63, 3.8) is 0 Å². The molecule has 0 unspecified atom stereocenters. The molecule has 7 nitrogen and oxygen atoms in total. The molecule has 1 saturated heterocycles. The van der Waals surface area contributed by atoms with Gasteiger partial charge in [0.05, 0.1) is 5.69 Å². The summed E-state index contributed by atoms with van der Waals surface area (Å²) in [4.78, 5) is 36.7. The molecule has 2 N–H and O–H groups in total. The first-order chi connectivity index (χ1) is 12.0. The Morgan fingerprint density at radius 2 is 2.08 bits per heavy atom. The van der Waals surface area contributed by atoms with Crippen LogP contribution in [0.3, 0.4) is 0 Å². The maximum atomic E-state index is 12.2. The molecule has 1 aromatic rings. The molecule has 2 aliphatic heterocycles. The molecule has 0 radical (unpaired) electrons. The number of benzene rings is 1. The Morgan fingerprint density at radius 1 is 1.32 bits per heavy atom. The molecular weight excluding hydrogens is 322 g/mol. The second kappa shape index (κ2) is 7.55. The van der Waals surface area contributed by atoms with Crippen LogP contribution < -0.4 is 15.4 Å². The van der Waals surface area contributed by atoms with E-state index < -0.39 is 0 Å². The molecule has 1 aromatic carbocycles. The highest BCUT2D eigenvalue weighted by Crippen LogP contribution is 2.28. The van der Waals surface area contributed by atoms with Crippen molar-refractivity contribution < 1.29 is 19.1 Å². The summed E-state index contributed by atoms with van der Waals surface area (Å²) in [6.45, 7) is 3.45. The van der Waals surface area contributed by atoms with Gasteiger partial charge in [-0.15, -0.1) is 0 Å². The molecule has 25 heavy (non-hydrogen) atoms. The van der Waals surface area contributed by atoms with E-state index in [2.05, 4.69) is 10.6 Å². The summed E-state index contributed by atoms with van der Waals surface area (Å²) < 4.78 is 5.33. The van der Waals surface area contributed by atoms with Gasteiger partial charge in [-0.25, -0.2) is 0 Å². The number of carbonyl (C=O) groups excluding carboxylic acids is 3. The minimum absolute atomic E-state index is 0.0215. The Hall–Kier alpha value is -2.57. The lowest BCUT2D eigenvalue weighted by molar-refractivity contribution is -0.133. The minimum atomic E-state index is -0.158. The quantitative estimate of drug-likeness (QED) is 0.850. The third-order valence-electron chi connectivity index (χ3n) is 4.70. The Kier molecular flexibility index (Phi) is 5.21. The van der Waals surface area contributed by atoms with E-state index in [0.717, 1.165) is 5.56 Å². The molecule has 3 amide bonds. The van der Waals surface area contributed by atoms with Crippen molar-refractivity contribution in [1.29, 1.82) is 0 Å². The number of carbonyl (C=O) groups is 3. The molecule has 2 aliphatic rings. The smallest absolute Gasteiger partial charge is 0.262 e. The molecule has 134 valence electrons. The van der Waals surface area contributed by atoms with Gasteiger partial charge in [0.2, 0.25) is 11.8 Å². The lowest BCUT2D eigenvalue weighted by Crippen LogP contribution is -2.42. The van der Waals surface area contributed by atoms with Crippen LogP contribution in [0.5, 0.6) is 5.75 Å². The van der Waals surface area contributed by atoms with Crippen molar-refractivity contribution >= 4 is 23.4 Å². The van der Waals surface area contributed by atoms with E-state index in [1.165, 1.54) is 0 Å². The zero-order valence-electron chi connectivity index (χ0n) is 14.3. The fraction of sp³-hybridized carbons (Fsp3) is 0.500. The summed E-state index contributed by atoms with van der Waals surface area (Å²) in [7, 11) is 0. The second-order valence-electron chi connectivity index (χ2n) is 6.49. The van der Waals surface area contributed by atoms with Crippen molar-refractivity contribution in [2.45, 2.75) is 26.2 Å². The molecule has 7 heteroatoms. The van der Waals surface area contributed by atoms with Gasteiger partial charge in [0.1, 0.15) is 5.75 Å². The van der Waals surface area contributed by atoms with Gasteiger partial charge in [-0.3, -0.25) is 14.4 Å². The predicted octanol–water partition coefficient (Wildman–Crippen LogP) is 0.935. The molecule has 3 rings (SSSR count). The number of anilines is 1. The number of amides is 3. The SMILES string of the molecule is CC(=O)N1CCC(C(=O)NCCc2ccc3c(c2)NC(=O)CO3)CC1. The highest BCUT2D eigenvalue weighted by molar-refractivity contribution is 5.95. The van der Waals surface area contributed by atoms with E-state index in [4.69, 9.17) is 4.74 Å². The summed E-state index contributed by atoms with van der Waals surface area (Å²) in [5.41, 5.74) is 1.70. The average Bonchev–Trinajstić information content (AvgIpc) is 2.61. The van der Waals surface area contributed by atoms with E-state index in [9.17, 15) is 14.4 Å². The Labute approximate surface area is 146 Å². The maximum Gasteiger partial charge on any atom is 0.262 e. The van der Waals surface area contributed by atoms with Gasteiger partial charge in [0.25, 0.3) is 5.91 Å². The Morgan fingerprint density at radius 3 is 2.80 bits per heavy atom. The molecule has 1 fully saturated rings. The summed E-state index contributed by atoms with van der Waals surface area (Å²) in [5.74, 6) is 0.617. The summed E-state index contributed by atoms with van der Waals surface area (Å²) in [6.07, 6.45) is 2.11. The first kappa shape index (κ1) is 17.3. The third-order valence-corrected chi connectivity index (χ3v) is 4.70. The van der Waals surface area contributed by atoms with Crippen LogP contribution in [0.2, 0.25) is 0 Å². The lowest BCUT2D eigenvalue weighted by atomic mass is 9.96. The van der Waals surface area contributed by atoms with Gasteiger partial charge in [0.15, 0.2) is 6.61 Å². The Bertz CT molecular complexity index is 681. The zero-order valence-corrected chi connectivity index (χ0v) is 14.3. The summed E-state index contributed by atoms with van der Waals surface area (Å²) in [5, 5.41) is 5.75. The van der Waals surface area contributed by atoms with E-state index in [1.807, 2.05) is 18.2 Å². The molecule has 2 heterocycles. The van der Waals surface area contributed by atoms with E-state index in [-0.39, 0.29) is 30.2 Å². The van der Waals surface area contributed by atoms with Crippen molar-refractivity contribution in [3.8, 4) is 5.75 Å². The highest BCUT2D eigenvalue weighted by atomic mass is 16.5. The normalized spacial score (nSPS) is 17.3. The standard InChI is InChI=1S/C18H23N3O4/c1-12(22)21-8-5-14(6-9-21)18(24)19-7-4-13-2-3-16-15(10-13)20-17(23)11-25-16/h2-3,10,14H,4-9,11H2,1H3,(H,19,24)(H,20,23). The van der Waals surface area contributed by atoms with Gasteiger partial charge in [-0.1, -0.05) is 6.07 Å². The van der Waals surface area contributed by atoms with Crippen molar-refractivity contribution in [3.05, 3.63) is 23.8 Å². The Balaban J connectivity index is 1.45. The fourth-order valence-electron chi connectivity index (χ4n) is 3.22. The average molecular weight is 345 g/mol. The number of nitrogens with zero attached hydrogens (tertiary/aromatic N) is 1. The lowest BCUT2D eigenvalue weighted by Gasteiger charge is -2.30. The van der Waals surface area contributed by atoms with Crippen LogP contribution in [-0.2, 0) is 20.8 Å². The molecule has 0 saturated carbocycles. The minimum Gasteiger partial charge on any atom is -0.482 e. The third kappa shape index (κ3) is 4.29. The first-order valence-electron chi connectivity index (χ1n) is 8.62. The second-order valence-corrected chi connectivity index (χ2v) is 6.49. The summed E-state index contributed by atoms with van der Waals surface area (Å²) >= 11 is 0. The summed E-state index contributed by atoms with van der Waals surface area (Å²) in [6, 6.07) is 5.65. The predicted molar refractivity (Wildman–Crippen MR) is 92.3 cm³/mol. The van der Waals surface area contributed by atoms with E-state index >= 15 is 0 Å². The number of piperidine rings is 1. The topological polar surface area (TPSA) is 87.7 Å². The largest absolute Gasteiger partial charge is 0.482 e. The van der Waals surface area contributed by atoms with Gasteiger partial charge in [-0.05, 0) is 37.0 Å². The number of likely N-dealkylation sites (tertiary alicyclic amines) is 1. The van der Waals surface area contributed by atoms with E-state index in [1.54, 1.807) is 11.8 Å². The first-order valence-corrected chi connectivity index (χ1v) is 8.62. The number of nitrogens with one attached hydrogen (secondary N) is 2. The van der Waals surface area contributed by atoms with Gasteiger partial charge >= 0.3 is 0 Å². The van der Waals surface area contributed by atoms with Crippen LogP contribution in [-0.4, -0.2) is 48.9 Å². The van der Waals surface area contributed by atoms with Crippen LogP contribution in [0, 0.1) is 5.92 Å². The van der Waals surface area contributed by atoms with Crippen LogP contribution >= 0.6 is 0 Å². The molecule has 0 atom stereocenters. The number of fused-ring (bicyclic) bond motifs is 1. The monoisotopic (exact) mass is 345 g/mol. The van der Waals surface area contributed by atoms with Crippen molar-refractivity contribution in [2.24, 2.45) is 5.92 Å². The van der Waals surface area contributed by atoms with Gasteiger partial charge in [-0.2, -0.15) is 0 Å². The molecular formula is C18H23N3O4. The van der Waals surface area contributed by atoms with Crippen LogP contribution in [0.4, 0.5) is 5.69 Å². The molecule has 0 aliphatic carbocycles. The number of rotatable bonds is 4. The van der Waals surface area contributed by atoms with Crippen LogP contribution in [0.15, 0.2) is 18.2 Å². The van der Waals surface area contributed by atoms with Crippen molar-refractivity contribution in [2.75, 3.05) is 31.6 Å². The zero-order chi connectivity index (χ0) is 17.8. The number of ether oxygens (including phenoxy) is 1. The number of hydrogen-bond acceptors (Lipinski definition) is 4. The molecule has 0 aromatic heterocycles.